The maximum Gasteiger partial charge on any atom is 0.0138 e. The molecular formula is C20H42S2. The molecule has 0 heterocycles. The third-order valence-corrected chi connectivity index (χ3v) is 7.00. The van der Waals surface area contributed by atoms with Gasteiger partial charge in [-0.2, -0.15) is 23.5 Å². The van der Waals surface area contributed by atoms with Crippen LogP contribution in [0, 0.1) is 0 Å². The molecule has 0 radical (unpaired) electrons. The van der Waals surface area contributed by atoms with E-state index in [1.807, 2.05) is 0 Å². The Morgan fingerprint density at radius 2 is 1.14 bits per heavy atom. The van der Waals surface area contributed by atoms with E-state index in [0.717, 1.165) is 5.25 Å². The van der Waals surface area contributed by atoms with Crippen molar-refractivity contribution < 1.29 is 0 Å². The molecule has 2 heteroatoms. The van der Waals surface area contributed by atoms with Crippen LogP contribution < -0.4 is 0 Å². The second-order valence-corrected chi connectivity index (χ2v) is 9.10. The monoisotopic (exact) mass is 346 g/mol. The molecule has 0 amide bonds. The van der Waals surface area contributed by atoms with E-state index in [4.69, 9.17) is 0 Å². The Kier molecular flexibility index (Phi) is 20.4. The number of thioether (sulfide) groups is 2. The number of hydrogen-bond acceptors (Lipinski definition) is 2. The summed E-state index contributed by atoms with van der Waals surface area (Å²) in [6.45, 7) is 6.91. The number of hydrogen-bond donors (Lipinski definition) is 0. The van der Waals surface area contributed by atoms with Crippen molar-refractivity contribution in [3.63, 3.8) is 0 Å². The quantitative estimate of drug-likeness (QED) is 0.231. The average Bonchev–Trinajstić information content (AvgIpc) is 2.53. The van der Waals surface area contributed by atoms with Crippen molar-refractivity contribution in [2.75, 3.05) is 17.3 Å². The van der Waals surface area contributed by atoms with E-state index in [0.29, 0.717) is 0 Å². The predicted octanol–water partition coefficient (Wildman–Crippen LogP) is 7.95. The summed E-state index contributed by atoms with van der Waals surface area (Å²) in [6.07, 6.45) is 18.5. The lowest BCUT2D eigenvalue weighted by Gasteiger charge is -2.16. The molecule has 0 aromatic heterocycles. The van der Waals surface area contributed by atoms with Gasteiger partial charge >= 0.3 is 0 Å². The van der Waals surface area contributed by atoms with Crippen molar-refractivity contribution in [2.45, 2.75) is 109 Å². The molecule has 0 saturated carbocycles. The van der Waals surface area contributed by atoms with Crippen LogP contribution in [0.2, 0.25) is 0 Å². The SMILES string of the molecule is CCCCCCCCC(CSCCCCC)SCCCCC. The van der Waals surface area contributed by atoms with E-state index in [1.54, 1.807) is 0 Å². The lowest BCUT2D eigenvalue weighted by atomic mass is 10.1. The minimum absolute atomic E-state index is 0.926. The first-order valence-electron chi connectivity index (χ1n) is 10.0. The van der Waals surface area contributed by atoms with Crippen LogP contribution in [0.1, 0.15) is 104 Å². The van der Waals surface area contributed by atoms with Crippen LogP contribution in [-0.2, 0) is 0 Å². The Morgan fingerprint density at radius 3 is 1.82 bits per heavy atom. The molecule has 0 nitrogen and oxygen atoms in total. The molecule has 0 aliphatic carbocycles. The first-order valence-corrected chi connectivity index (χ1v) is 12.2. The smallest absolute Gasteiger partial charge is 0.0138 e. The van der Waals surface area contributed by atoms with Crippen LogP contribution in [-0.4, -0.2) is 22.5 Å². The Bertz CT molecular complexity index is 194. The molecule has 22 heavy (non-hydrogen) atoms. The van der Waals surface area contributed by atoms with Crippen molar-refractivity contribution in [3.8, 4) is 0 Å². The molecule has 0 fully saturated rings. The highest BCUT2D eigenvalue weighted by Crippen LogP contribution is 2.24. The summed E-state index contributed by atoms with van der Waals surface area (Å²) < 4.78 is 0. The first kappa shape index (κ1) is 22.7. The zero-order valence-electron chi connectivity index (χ0n) is 15.7. The normalized spacial score (nSPS) is 12.7. The van der Waals surface area contributed by atoms with Gasteiger partial charge in [-0.3, -0.25) is 0 Å². The van der Waals surface area contributed by atoms with Crippen molar-refractivity contribution in [3.05, 3.63) is 0 Å². The van der Waals surface area contributed by atoms with E-state index < -0.39 is 0 Å². The Morgan fingerprint density at radius 1 is 0.591 bits per heavy atom. The van der Waals surface area contributed by atoms with Crippen LogP contribution in [0.15, 0.2) is 0 Å². The van der Waals surface area contributed by atoms with Gasteiger partial charge in [-0.15, -0.1) is 0 Å². The maximum absolute atomic E-state index is 2.31. The summed E-state index contributed by atoms with van der Waals surface area (Å²) >= 11 is 4.49. The fourth-order valence-electron chi connectivity index (χ4n) is 2.64. The summed E-state index contributed by atoms with van der Waals surface area (Å²) in [5, 5.41) is 0.926. The topological polar surface area (TPSA) is 0 Å². The molecule has 0 bridgehead atoms. The molecule has 134 valence electrons. The Hall–Kier alpha value is 0.700. The molecule has 0 saturated heterocycles. The fraction of sp³-hybridized carbons (Fsp3) is 1.00. The molecule has 1 unspecified atom stereocenters. The van der Waals surface area contributed by atoms with Crippen molar-refractivity contribution >= 4 is 23.5 Å². The number of rotatable bonds is 18. The van der Waals surface area contributed by atoms with Gasteiger partial charge in [0.25, 0.3) is 0 Å². The standard InChI is InChI=1S/C20H42S2/c1-4-7-10-11-12-13-16-20(22-18-15-9-6-3)19-21-17-14-8-5-2/h20H,4-19H2,1-3H3. The third kappa shape index (κ3) is 17.1. The summed E-state index contributed by atoms with van der Waals surface area (Å²) in [6, 6.07) is 0. The highest BCUT2D eigenvalue weighted by molar-refractivity contribution is 8.03. The van der Waals surface area contributed by atoms with Gasteiger partial charge < -0.3 is 0 Å². The molecule has 0 aromatic rings. The minimum atomic E-state index is 0.926. The number of unbranched alkanes of at least 4 members (excludes halogenated alkanes) is 9. The fourth-order valence-corrected chi connectivity index (χ4v) is 5.35. The van der Waals surface area contributed by atoms with Gasteiger partial charge in [0.15, 0.2) is 0 Å². The highest BCUT2D eigenvalue weighted by Gasteiger charge is 2.09. The zero-order valence-corrected chi connectivity index (χ0v) is 17.3. The van der Waals surface area contributed by atoms with Crippen LogP contribution in [0.3, 0.4) is 0 Å². The molecule has 0 aliphatic rings. The van der Waals surface area contributed by atoms with Crippen molar-refractivity contribution in [2.24, 2.45) is 0 Å². The lowest BCUT2D eigenvalue weighted by molar-refractivity contribution is 0.589. The van der Waals surface area contributed by atoms with Crippen LogP contribution >= 0.6 is 23.5 Å². The van der Waals surface area contributed by atoms with Gasteiger partial charge in [-0.1, -0.05) is 85.0 Å². The zero-order chi connectivity index (χ0) is 16.3. The summed E-state index contributed by atoms with van der Waals surface area (Å²) in [4.78, 5) is 0. The molecule has 1 atom stereocenters. The maximum atomic E-state index is 2.31. The summed E-state index contributed by atoms with van der Waals surface area (Å²) in [5.41, 5.74) is 0. The van der Waals surface area contributed by atoms with Gasteiger partial charge in [0.2, 0.25) is 0 Å². The minimum Gasteiger partial charge on any atom is -0.161 e. The van der Waals surface area contributed by atoms with E-state index in [9.17, 15) is 0 Å². The van der Waals surface area contributed by atoms with E-state index >= 15 is 0 Å². The van der Waals surface area contributed by atoms with E-state index in [2.05, 4.69) is 44.3 Å². The van der Waals surface area contributed by atoms with Crippen LogP contribution in [0.25, 0.3) is 0 Å². The van der Waals surface area contributed by atoms with Crippen LogP contribution in [0.5, 0.6) is 0 Å². The molecule has 0 aromatic carbocycles. The van der Waals surface area contributed by atoms with Gasteiger partial charge in [0.1, 0.15) is 0 Å². The van der Waals surface area contributed by atoms with E-state index in [-0.39, 0.29) is 0 Å². The van der Waals surface area contributed by atoms with Gasteiger partial charge in [0, 0.05) is 11.0 Å². The average molecular weight is 347 g/mol. The third-order valence-electron chi connectivity index (χ3n) is 4.18. The predicted molar refractivity (Wildman–Crippen MR) is 111 cm³/mol. The largest absolute Gasteiger partial charge is 0.161 e. The van der Waals surface area contributed by atoms with Crippen molar-refractivity contribution in [1.29, 1.82) is 0 Å². The second-order valence-electron chi connectivity index (χ2n) is 6.54. The van der Waals surface area contributed by atoms with Gasteiger partial charge in [-0.05, 0) is 30.8 Å². The summed E-state index contributed by atoms with van der Waals surface area (Å²) in [7, 11) is 0. The van der Waals surface area contributed by atoms with Gasteiger partial charge in [0.05, 0.1) is 0 Å². The highest BCUT2D eigenvalue weighted by atomic mass is 32.2. The first-order chi connectivity index (χ1) is 10.8. The molecule has 0 spiro atoms. The molecular weight excluding hydrogens is 304 g/mol. The lowest BCUT2D eigenvalue weighted by Crippen LogP contribution is -2.08. The molecule has 0 rings (SSSR count). The summed E-state index contributed by atoms with van der Waals surface area (Å²) in [5.74, 6) is 4.18. The molecule has 0 N–H and O–H groups in total. The molecule has 0 aliphatic heterocycles. The van der Waals surface area contributed by atoms with Crippen LogP contribution in [0.4, 0.5) is 0 Å². The second kappa shape index (κ2) is 19.7. The Balaban J connectivity index is 3.69. The Labute approximate surface area is 150 Å². The van der Waals surface area contributed by atoms with Crippen molar-refractivity contribution in [1.82, 2.24) is 0 Å². The van der Waals surface area contributed by atoms with Gasteiger partial charge in [-0.25, -0.2) is 0 Å². The van der Waals surface area contributed by atoms with E-state index in [1.165, 1.54) is 101 Å².